The summed E-state index contributed by atoms with van der Waals surface area (Å²) in [6.45, 7) is 12.8. The van der Waals surface area contributed by atoms with Crippen molar-refractivity contribution in [1.82, 2.24) is 0 Å². The lowest BCUT2D eigenvalue weighted by Crippen LogP contribution is -2.19. The van der Waals surface area contributed by atoms with E-state index in [9.17, 15) is 9.59 Å². The van der Waals surface area contributed by atoms with Crippen LogP contribution in [0.15, 0.2) is 85.0 Å². The van der Waals surface area contributed by atoms with Crippen LogP contribution < -0.4 is 0 Å². The number of carbonyl (C=O) groups is 2. The predicted molar refractivity (Wildman–Crippen MR) is 222 cm³/mol. The summed E-state index contributed by atoms with van der Waals surface area (Å²) in [5.74, 6) is 2.63. The number of rotatable bonds is 17. The molecule has 2 saturated carbocycles. The minimum atomic E-state index is -0.701. The Morgan fingerprint density at radius 1 is 0.796 bits per heavy atom. The largest absolute Gasteiger partial charge is 0.400 e. The molecule has 2 aliphatic rings. The zero-order valence-electron chi connectivity index (χ0n) is 33.7. The van der Waals surface area contributed by atoms with Crippen LogP contribution in [0.2, 0.25) is 0 Å². The highest BCUT2D eigenvalue weighted by Crippen LogP contribution is 2.40. The molecule has 6 heteroatoms. The van der Waals surface area contributed by atoms with Gasteiger partial charge in [-0.25, -0.2) is 4.79 Å². The van der Waals surface area contributed by atoms with Crippen LogP contribution in [0.4, 0.5) is 0 Å². The van der Waals surface area contributed by atoms with E-state index in [1.807, 2.05) is 0 Å². The summed E-state index contributed by atoms with van der Waals surface area (Å²) in [6, 6.07) is 23.8. The summed E-state index contributed by atoms with van der Waals surface area (Å²) in [5.41, 5.74) is 6.47. The number of carbonyl (C=O) groups excluding carboxylic acids is 2. The summed E-state index contributed by atoms with van der Waals surface area (Å²) in [5, 5.41) is 18.6. The number of aldehydes is 1. The Balaban J connectivity index is 0.00000103. The zero-order chi connectivity index (χ0) is 39.3. The van der Waals surface area contributed by atoms with E-state index in [1.165, 1.54) is 105 Å². The fourth-order valence-corrected chi connectivity index (χ4v) is 8.13. The summed E-state index contributed by atoms with van der Waals surface area (Å²) in [6.07, 6.45) is 20.0. The van der Waals surface area contributed by atoms with Crippen molar-refractivity contribution in [2.24, 2.45) is 17.8 Å². The number of aliphatic hydroxyl groups is 2. The first-order valence-electron chi connectivity index (χ1n) is 20.5. The molecule has 296 valence electrons. The third-order valence-corrected chi connectivity index (χ3v) is 11.4. The number of benzene rings is 3. The van der Waals surface area contributed by atoms with Gasteiger partial charge in [0.15, 0.2) is 0 Å². The SMILES string of the molecule is C=C(C)C=O.C=C(CO)C(=O)OOCC(C)CC1CCC(c2ccc3cc(CCc4ccc(C5CCC(CCCCC)CC5)cc4)ccc3c2)CC1.CO. The van der Waals surface area contributed by atoms with Crippen LogP contribution in [0.3, 0.4) is 0 Å². The van der Waals surface area contributed by atoms with Gasteiger partial charge in [0.1, 0.15) is 6.29 Å². The average molecular weight is 741 g/mol. The number of allylic oxidation sites excluding steroid dienone is 1. The monoisotopic (exact) mass is 741 g/mol. The van der Waals surface area contributed by atoms with Crippen molar-refractivity contribution in [3.63, 3.8) is 0 Å². The third-order valence-electron chi connectivity index (χ3n) is 11.4. The van der Waals surface area contributed by atoms with Gasteiger partial charge in [0.25, 0.3) is 0 Å². The van der Waals surface area contributed by atoms with E-state index < -0.39 is 12.6 Å². The molecule has 0 aliphatic heterocycles. The normalized spacial score (nSPS) is 20.0. The van der Waals surface area contributed by atoms with Crippen molar-refractivity contribution in [2.45, 2.75) is 129 Å². The van der Waals surface area contributed by atoms with Crippen LogP contribution in [-0.4, -0.2) is 42.8 Å². The lowest BCUT2D eigenvalue weighted by Gasteiger charge is -2.30. The molecule has 0 amide bonds. The zero-order valence-corrected chi connectivity index (χ0v) is 33.7. The number of hydrogen-bond donors (Lipinski definition) is 2. The van der Waals surface area contributed by atoms with E-state index in [4.69, 9.17) is 20.0 Å². The topological polar surface area (TPSA) is 93.1 Å². The van der Waals surface area contributed by atoms with E-state index >= 15 is 0 Å². The summed E-state index contributed by atoms with van der Waals surface area (Å²) < 4.78 is 0. The van der Waals surface area contributed by atoms with Crippen molar-refractivity contribution >= 4 is 23.0 Å². The molecule has 0 aromatic heterocycles. The van der Waals surface area contributed by atoms with Gasteiger partial charge in [-0.2, -0.15) is 4.89 Å². The average Bonchev–Trinajstić information content (AvgIpc) is 3.21. The molecule has 3 aromatic rings. The van der Waals surface area contributed by atoms with Gasteiger partial charge >= 0.3 is 5.97 Å². The van der Waals surface area contributed by atoms with Gasteiger partial charge in [0.05, 0.1) is 18.8 Å². The van der Waals surface area contributed by atoms with E-state index in [1.54, 1.807) is 12.5 Å². The molecule has 2 fully saturated rings. The van der Waals surface area contributed by atoms with Crippen molar-refractivity contribution in [2.75, 3.05) is 20.3 Å². The number of hydrogen-bond acceptors (Lipinski definition) is 6. The predicted octanol–water partition coefficient (Wildman–Crippen LogP) is 11.2. The highest BCUT2D eigenvalue weighted by atomic mass is 17.2. The molecular formula is C48H68O6. The standard InChI is InChI=1S/C43H58O4.C4H6O.CH4O/c1-4-5-6-7-33-10-17-37(18-11-33)38-19-12-34(13-20-38)8-9-36-16-23-42-28-41(25-24-40(42)27-36)39-21-14-35(15-22-39)26-31(2)30-46-47-43(45)32(3)29-44;1-4(2)3-5;1-2/h12-13,16,19-20,23-25,27-28,31,33,35,37,39,44H,3-11,14-15,17-18,21-22,26,29-30H2,1-2H3;3H,1H2,2H3;2H,1H3. The molecule has 54 heavy (non-hydrogen) atoms. The van der Waals surface area contributed by atoms with Crippen molar-refractivity contribution in [1.29, 1.82) is 0 Å². The van der Waals surface area contributed by atoms with Gasteiger partial charge in [-0.15, -0.1) is 0 Å². The van der Waals surface area contributed by atoms with Crippen LogP contribution in [0.25, 0.3) is 10.8 Å². The second-order valence-electron chi connectivity index (χ2n) is 15.8. The molecule has 0 heterocycles. The highest BCUT2D eigenvalue weighted by Gasteiger charge is 2.25. The molecule has 3 aromatic carbocycles. The Morgan fingerprint density at radius 3 is 1.94 bits per heavy atom. The van der Waals surface area contributed by atoms with Gasteiger partial charge in [0, 0.05) is 7.11 Å². The van der Waals surface area contributed by atoms with Crippen molar-refractivity contribution in [3.05, 3.63) is 107 Å². The molecule has 2 aliphatic carbocycles. The first-order valence-corrected chi connectivity index (χ1v) is 20.5. The van der Waals surface area contributed by atoms with Crippen LogP contribution in [0.5, 0.6) is 0 Å². The van der Waals surface area contributed by atoms with E-state index in [0.717, 1.165) is 44.5 Å². The van der Waals surface area contributed by atoms with Gasteiger partial charge in [-0.05, 0) is 146 Å². The van der Waals surface area contributed by atoms with Crippen LogP contribution in [0.1, 0.15) is 138 Å². The molecule has 6 nitrogen and oxygen atoms in total. The lowest BCUT2D eigenvalue weighted by molar-refractivity contribution is -0.274. The highest BCUT2D eigenvalue weighted by molar-refractivity contribution is 5.87. The Bertz CT molecular complexity index is 1560. The fraction of sp³-hybridized carbons (Fsp3) is 0.542. The van der Waals surface area contributed by atoms with Crippen molar-refractivity contribution in [3.8, 4) is 0 Å². The number of aryl methyl sites for hydroxylation is 2. The molecule has 1 unspecified atom stereocenters. The Labute approximate surface area is 326 Å². The quantitative estimate of drug-likeness (QED) is 0.0471. The molecule has 2 N–H and O–H groups in total. The maximum Gasteiger partial charge on any atom is 0.370 e. The van der Waals surface area contributed by atoms with Gasteiger partial charge in [-0.3, -0.25) is 9.68 Å². The minimum absolute atomic E-state index is 0.00144. The van der Waals surface area contributed by atoms with Crippen molar-refractivity contribution < 1.29 is 29.6 Å². The van der Waals surface area contributed by atoms with Crippen LogP contribution >= 0.6 is 0 Å². The lowest BCUT2D eigenvalue weighted by atomic mass is 9.76. The van der Waals surface area contributed by atoms with Crippen LogP contribution in [-0.2, 0) is 32.2 Å². The summed E-state index contributed by atoms with van der Waals surface area (Å²) in [4.78, 5) is 30.8. The Morgan fingerprint density at radius 2 is 1.33 bits per heavy atom. The minimum Gasteiger partial charge on any atom is -0.400 e. The number of fused-ring (bicyclic) bond motifs is 1. The molecule has 0 spiro atoms. The van der Waals surface area contributed by atoms with E-state index in [0.29, 0.717) is 29.9 Å². The smallest absolute Gasteiger partial charge is 0.370 e. The Hall–Kier alpha value is -3.58. The van der Waals surface area contributed by atoms with Crippen LogP contribution in [0, 0.1) is 17.8 Å². The molecular weight excluding hydrogens is 673 g/mol. The number of aliphatic hydroxyl groups excluding tert-OH is 2. The first kappa shape index (κ1) is 44.8. The second kappa shape index (κ2) is 24.8. The molecule has 0 saturated heterocycles. The molecule has 0 bridgehead atoms. The van der Waals surface area contributed by atoms with Gasteiger partial charge in [-0.1, -0.05) is 113 Å². The maximum absolute atomic E-state index is 11.6. The summed E-state index contributed by atoms with van der Waals surface area (Å²) >= 11 is 0. The molecule has 5 rings (SSSR count). The van der Waals surface area contributed by atoms with E-state index in [2.05, 4.69) is 87.7 Å². The first-order chi connectivity index (χ1) is 26.2. The van der Waals surface area contributed by atoms with E-state index in [-0.39, 0.29) is 5.57 Å². The molecule has 0 radical (unpaired) electrons. The fourth-order valence-electron chi connectivity index (χ4n) is 8.13. The van der Waals surface area contributed by atoms with Gasteiger partial charge < -0.3 is 10.2 Å². The van der Waals surface area contributed by atoms with Gasteiger partial charge in [0.2, 0.25) is 0 Å². The second-order valence-corrected chi connectivity index (χ2v) is 15.8. The molecule has 1 atom stereocenters. The Kier molecular flexibility index (Phi) is 20.5. The third kappa shape index (κ3) is 15.3. The summed E-state index contributed by atoms with van der Waals surface area (Å²) in [7, 11) is 1.00. The maximum atomic E-state index is 11.6. The number of unbranched alkanes of at least 4 members (excludes halogenated alkanes) is 2.